The van der Waals surface area contributed by atoms with Crippen LogP contribution in [0.5, 0.6) is 0 Å². The lowest BCUT2D eigenvalue weighted by Gasteiger charge is -2.29. The molecule has 0 radical (unpaired) electrons. The third-order valence-electron chi connectivity index (χ3n) is 3.67. The first-order valence-corrected chi connectivity index (χ1v) is 7.35. The van der Waals surface area contributed by atoms with Gasteiger partial charge < -0.3 is 10.6 Å². The van der Waals surface area contributed by atoms with Crippen molar-refractivity contribution in [3.05, 3.63) is 63.6 Å². The van der Waals surface area contributed by atoms with Gasteiger partial charge in [0.25, 0.3) is 5.91 Å². The molecular weight excluding hydrogens is 316 g/mol. The molecule has 0 fully saturated rings. The van der Waals surface area contributed by atoms with E-state index in [1.807, 2.05) is 17.0 Å². The zero-order chi connectivity index (χ0) is 14.1. The summed E-state index contributed by atoms with van der Waals surface area (Å²) >= 11 is 3.37. The minimum atomic E-state index is 0.0557. The van der Waals surface area contributed by atoms with E-state index < -0.39 is 0 Å². The fourth-order valence-electron chi connectivity index (χ4n) is 2.51. The Morgan fingerprint density at radius 3 is 2.65 bits per heavy atom. The number of halogens is 1. The van der Waals surface area contributed by atoms with Crippen molar-refractivity contribution in [1.82, 2.24) is 4.90 Å². The molecule has 1 aliphatic rings. The van der Waals surface area contributed by atoms with E-state index in [1.54, 1.807) is 18.2 Å². The lowest BCUT2D eigenvalue weighted by Crippen LogP contribution is -2.35. The second-order valence-corrected chi connectivity index (χ2v) is 5.84. The van der Waals surface area contributed by atoms with Crippen molar-refractivity contribution >= 4 is 27.5 Å². The molecule has 0 spiro atoms. The zero-order valence-corrected chi connectivity index (χ0v) is 12.6. The van der Waals surface area contributed by atoms with E-state index in [0.29, 0.717) is 17.8 Å². The van der Waals surface area contributed by atoms with Gasteiger partial charge in [-0.2, -0.15) is 0 Å². The number of benzene rings is 2. The van der Waals surface area contributed by atoms with Gasteiger partial charge in [-0.3, -0.25) is 4.79 Å². The molecule has 0 unspecified atom stereocenters. The molecule has 0 atom stereocenters. The topological polar surface area (TPSA) is 46.3 Å². The molecule has 3 rings (SSSR count). The number of amides is 1. The van der Waals surface area contributed by atoms with Crippen LogP contribution in [0.4, 0.5) is 5.69 Å². The number of nitrogens with zero attached hydrogens (tertiary/aromatic N) is 1. The molecule has 2 aromatic rings. The van der Waals surface area contributed by atoms with Gasteiger partial charge in [0.1, 0.15) is 0 Å². The summed E-state index contributed by atoms with van der Waals surface area (Å²) < 4.78 is 0.765. The number of carbonyl (C=O) groups is 1. The van der Waals surface area contributed by atoms with Crippen LogP contribution in [0.3, 0.4) is 0 Å². The largest absolute Gasteiger partial charge is 0.398 e. The van der Waals surface area contributed by atoms with Gasteiger partial charge >= 0.3 is 0 Å². The van der Waals surface area contributed by atoms with Gasteiger partial charge in [-0.1, -0.05) is 24.3 Å². The maximum absolute atomic E-state index is 12.5. The molecule has 1 amide bonds. The van der Waals surface area contributed by atoms with Crippen LogP contribution >= 0.6 is 15.9 Å². The van der Waals surface area contributed by atoms with Crippen molar-refractivity contribution in [2.45, 2.75) is 13.0 Å². The summed E-state index contributed by atoms with van der Waals surface area (Å²) in [5.74, 6) is 0.0557. The smallest absolute Gasteiger partial charge is 0.254 e. The number of carbonyl (C=O) groups excluding carboxylic acids is 1. The summed E-state index contributed by atoms with van der Waals surface area (Å²) in [5, 5.41) is 0. The molecule has 0 saturated carbocycles. The third-order valence-corrected chi connectivity index (χ3v) is 4.35. The Labute approximate surface area is 126 Å². The summed E-state index contributed by atoms with van der Waals surface area (Å²) in [6.07, 6.45) is 0.915. The lowest BCUT2D eigenvalue weighted by molar-refractivity contribution is 0.0734. The molecule has 0 aromatic heterocycles. The van der Waals surface area contributed by atoms with Crippen LogP contribution in [0, 0.1) is 0 Å². The Kier molecular flexibility index (Phi) is 3.49. The minimum Gasteiger partial charge on any atom is -0.398 e. The van der Waals surface area contributed by atoms with Gasteiger partial charge in [-0.25, -0.2) is 0 Å². The highest BCUT2D eigenvalue weighted by atomic mass is 79.9. The molecule has 4 heteroatoms. The Balaban J connectivity index is 1.84. The molecule has 0 bridgehead atoms. The maximum Gasteiger partial charge on any atom is 0.254 e. The zero-order valence-electron chi connectivity index (χ0n) is 11.0. The van der Waals surface area contributed by atoms with Gasteiger partial charge in [-0.05, 0) is 51.7 Å². The summed E-state index contributed by atoms with van der Waals surface area (Å²) in [6.45, 7) is 1.44. The Morgan fingerprint density at radius 2 is 1.90 bits per heavy atom. The van der Waals surface area contributed by atoms with E-state index in [4.69, 9.17) is 5.73 Å². The van der Waals surface area contributed by atoms with Gasteiger partial charge in [-0.15, -0.1) is 0 Å². The van der Waals surface area contributed by atoms with Crippen LogP contribution in [0.15, 0.2) is 46.9 Å². The number of fused-ring (bicyclic) bond motifs is 1. The van der Waals surface area contributed by atoms with Crippen LogP contribution in [-0.4, -0.2) is 17.4 Å². The van der Waals surface area contributed by atoms with Crippen LogP contribution in [0.1, 0.15) is 21.5 Å². The normalized spacial score (nSPS) is 13.9. The lowest BCUT2D eigenvalue weighted by atomic mass is 9.99. The molecule has 3 nitrogen and oxygen atoms in total. The first-order chi connectivity index (χ1) is 9.65. The molecular formula is C16H15BrN2O. The van der Waals surface area contributed by atoms with E-state index in [0.717, 1.165) is 17.4 Å². The molecule has 0 saturated heterocycles. The molecule has 1 aliphatic heterocycles. The van der Waals surface area contributed by atoms with Crippen molar-refractivity contribution in [1.29, 1.82) is 0 Å². The second-order valence-electron chi connectivity index (χ2n) is 4.98. The van der Waals surface area contributed by atoms with Gasteiger partial charge in [0, 0.05) is 28.8 Å². The number of anilines is 1. The third kappa shape index (κ3) is 2.43. The van der Waals surface area contributed by atoms with E-state index in [2.05, 4.69) is 28.1 Å². The summed E-state index contributed by atoms with van der Waals surface area (Å²) in [6, 6.07) is 13.6. The predicted octanol–water partition coefficient (Wildman–Crippen LogP) is 3.23. The second kappa shape index (κ2) is 5.29. The van der Waals surface area contributed by atoms with Crippen LogP contribution < -0.4 is 5.73 Å². The highest BCUT2D eigenvalue weighted by Gasteiger charge is 2.21. The first-order valence-electron chi connectivity index (χ1n) is 6.56. The Hall–Kier alpha value is -1.81. The number of nitrogens with two attached hydrogens (primary N) is 1. The Bertz CT molecular complexity index is 669. The van der Waals surface area contributed by atoms with E-state index in [9.17, 15) is 4.79 Å². The average Bonchev–Trinajstić information content (AvgIpc) is 2.49. The van der Waals surface area contributed by atoms with E-state index in [-0.39, 0.29) is 5.91 Å². The number of rotatable bonds is 1. The van der Waals surface area contributed by atoms with Gasteiger partial charge in [0.2, 0.25) is 0 Å². The quantitative estimate of drug-likeness (QED) is 0.816. The standard InChI is InChI=1S/C16H15BrN2O/c17-14-9-12(5-6-15(14)18)16(20)19-8-7-11-3-1-2-4-13(11)10-19/h1-6,9H,7-8,10,18H2. The summed E-state index contributed by atoms with van der Waals surface area (Å²) in [7, 11) is 0. The maximum atomic E-state index is 12.5. The molecule has 2 aromatic carbocycles. The van der Waals surface area contributed by atoms with Crippen molar-refractivity contribution in [3.63, 3.8) is 0 Å². The molecule has 102 valence electrons. The molecule has 2 N–H and O–H groups in total. The Morgan fingerprint density at radius 1 is 1.15 bits per heavy atom. The number of hydrogen-bond donors (Lipinski definition) is 1. The SMILES string of the molecule is Nc1ccc(C(=O)N2CCc3ccccc3C2)cc1Br. The minimum absolute atomic E-state index is 0.0557. The van der Waals surface area contributed by atoms with Crippen molar-refractivity contribution in [3.8, 4) is 0 Å². The molecule has 0 aliphatic carbocycles. The summed E-state index contributed by atoms with van der Waals surface area (Å²) in [4.78, 5) is 14.4. The van der Waals surface area contributed by atoms with Crippen molar-refractivity contribution in [2.75, 3.05) is 12.3 Å². The highest BCUT2D eigenvalue weighted by Crippen LogP contribution is 2.24. The van der Waals surface area contributed by atoms with E-state index >= 15 is 0 Å². The van der Waals surface area contributed by atoms with Gasteiger partial charge in [0.15, 0.2) is 0 Å². The van der Waals surface area contributed by atoms with Crippen LogP contribution in [0.25, 0.3) is 0 Å². The van der Waals surface area contributed by atoms with E-state index in [1.165, 1.54) is 11.1 Å². The highest BCUT2D eigenvalue weighted by molar-refractivity contribution is 9.10. The van der Waals surface area contributed by atoms with Crippen LogP contribution in [-0.2, 0) is 13.0 Å². The number of hydrogen-bond acceptors (Lipinski definition) is 2. The number of nitrogen functional groups attached to an aromatic ring is 1. The van der Waals surface area contributed by atoms with Crippen molar-refractivity contribution < 1.29 is 4.79 Å². The van der Waals surface area contributed by atoms with Gasteiger partial charge in [0.05, 0.1) is 0 Å². The monoisotopic (exact) mass is 330 g/mol. The first kappa shape index (κ1) is 13.2. The fraction of sp³-hybridized carbons (Fsp3) is 0.188. The van der Waals surface area contributed by atoms with Crippen molar-refractivity contribution in [2.24, 2.45) is 0 Å². The van der Waals surface area contributed by atoms with Crippen LogP contribution in [0.2, 0.25) is 0 Å². The predicted molar refractivity (Wildman–Crippen MR) is 83.4 cm³/mol. The summed E-state index contributed by atoms with van der Waals surface area (Å²) in [5.41, 5.74) is 9.65. The fourth-order valence-corrected chi connectivity index (χ4v) is 2.89. The molecule has 20 heavy (non-hydrogen) atoms. The molecule has 1 heterocycles. The average molecular weight is 331 g/mol.